The molecule has 0 atom stereocenters. The highest BCUT2D eigenvalue weighted by Crippen LogP contribution is 2.33. The number of ether oxygens (including phenoxy) is 1. The first-order valence-electron chi connectivity index (χ1n) is 8.01. The Labute approximate surface area is 144 Å². The maximum absolute atomic E-state index is 6.15. The average molecular weight is 354 g/mol. The number of rotatable bonds is 3. The van der Waals surface area contributed by atoms with Crippen LogP contribution in [0.1, 0.15) is 4.88 Å². The van der Waals surface area contributed by atoms with E-state index in [1.54, 1.807) is 11.3 Å². The summed E-state index contributed by atoms with van der Waals surface area (Å²) in [5.74, 6) is 0.950. The summed E-state index contributed by atoms with van der Waals surface area (Å²) in [5, 5.41) is 4.84. The summed E-state index contributed by atoms with van der Waals surface area (Å²) in [6.45, 7) is 8.47. The molecule has 2 aliphatic heterocycles. The lowest BCUT2D eigenvalue weighted by molar-refractivity contribution is 0.122. The fraction of sp³-hybridized carbons (Fsp3) is 0.600. The summed E-state index contributed by atoms with van der Waals surface area (Å²) in [7, 11) is 0. The second-order valence-electron chi connectivity index (χ2n) is 5.87. The number of morpholine rings is 1. The molecule has 2 aromatic heterocycles. The predicted molar refractivity (Wildman–Crippen MR) is 93.6 cm³/mol. The van der Waals surface area contributed by atoms with Gasteiger partial charge in [-0.15, -0.1) is 11.3 Å². The van der Waals surface area contributed by atoms with E-state index in [1.165, 1.54) is 4.88 Å². The minimum Gasteiger partial charge on any atom is -0.378 e. The lowest BCUT2D eigenvalue weighted by atomic mass is 10.3. The molecule has 4 heterocycles. The molecular formula is C15H20ClN5OS. The van der Waals surface area contributed by atoms with Crippen molar-refractivity contribution in [3.63, 3.8) is 0 Å². The SMILES string of the molecule is Clc1nc(N2CCOCC2)c2cc(CN3CCNCC3)sc2n1. The van der Waals surface area contributed by atoms with Gasteiger partial charge < -0.3 is 15.0 Å². The quantitative estimate of drug-likeness (QED) is 0.846. The van der Waals surface area contributed by atoms with Crippen molar-refractivity contribution in [3.05, 3.63) is 16.2 Å². The monoisotopic (exact) mass is 353 g/mol. The van der Waals surface area contributed by atoms with E-state index in [9.17, 15) is 0 Å². The number of hydrogen-bond acceptors (Lipinski definition) is 7. The van der Waals surface area contributed by atoms with Crippen molar-refractivity contribution in [1.82, 2.24) is 20.2 Å². The van der Waals surface area contributed by atoms with Crippen molar-refractivity contribution in [2.75, 3.05) is 57.4 Å². The van der Waals surface area contributed by atoms with Crippen molar-refractivity contribution >= 4 is 39.0 Å². The Bertz CT molecular complexity index is 682. The average Bonchev–Trinajstić information content (AvgIpc) is 2.98. The number of piperazine rings is 1. The van der Waals surface area contributed by atoms with Gasteiger partial charge in [0.05, 0.1) is 18.6 Å². The first kappa shape index (κ1) is 15.5. The summed E-state index contributed by atoms with van der Waals surface area (Å²) in [5.41, 5.74) is 0. The van der Waals surface area contributed by atoms with Crippen LogP contribution in [0.15, 0.2) is 6.07 Å². The molecule has 0 spiro atoms. The van der Waals surface area contributed by atoms with E-state index < -0.39 is 0 Å². The van der Waals surface area contributed by atoms with E-state index in [0.29, 0.717) is 5.28 Å². The van der Waals surface area contributed by atoms with E-state index in [1.807, 2.05) is 0 Å². The lowest BCUT2D eigenvalue weighted by Gasteiger charge is -2.28. The van der Waals surface area contributed by atoms with Crippen LogP contribution < -0.4 is 10.2 Å². The highest BCUT2D eigenvalue weighted by Gasteiger charge is 2.20. The third-order valence-electron chi connectivity index (χ3n) is 4.30. The van der Waals surface area contributed by atoms with Crippen LogP contribution in [0.3, 0.4) is 0 Å². The summed E-state index contributed by atoms with van der Waals surface area (Å²) in [4.78, 5) is 16.0. The molecule has 0 radical (unpaired) electrons. The fourth-order valence-corrected chi connectivity index (χ4v) is 4.39. The van der Waals surface area contributed by atoms with Gasteiger partial charge in [-0.3, -0.25) is 4.90 Å². The minimum atomic E-state index is 0.328. The summed E-state index contributed by atoms with van der Waals surface area (Å²) >= 11 is 7.88. The van der Waals surface area contributed by atoms with Gasteiger partial charge in [0.1, 0.15) is 10.6 Å². The Morgan fingerprint density at radius 1 is 1.17 bits per heavy atom. The van der Waals surface area contributed by atoms with Crippen molar-refractivity contribution < 1.29 is 4.74 Å². The van der Waals surface area contributed by atoms with Crippen LogP contribution in [0.25, 0.3) is 10.2 Å². The molecule has 0 saturated carbocycles. The van der Waals surface area contributed by atoms with E-state index >= 15 is 0 Å². The number of nitrogens with one attached hydrogen (secondary N) is 1. The van der Waals surface area contributed by atoms with Crippen molar-refractivity contribution in [1.29, 1.82) is 0 Å². The largest absolute Gasteiger partial charge is 0.378 e. The van der Waals surface area contributed by atoms with Gasteiger partial charge in [0.15, 0.2) is 0 Å². The molecule has 2 aromatic rings. The molecule has 0 unspecified atom stereocenters. The van der Waals surface area contributed by atoms with Crippen LogP contribution in [0.4, 0.5) is 5.82 Å². The summed E-state index contributed by atoms with van der Waals surface area (Å²) < 4.78 is 5.44. The minimum absolute atomic E-state index is 0.328. The third-order valence-corrected chi connectivity index (χ3v) is 5.48. The zero-order chi connectivity index (χ0) is 15.6. The lowest BCUT2D eigenvalue weighted by Crippen LogP contribution is -2.42. The molecule has 124 valence electrons. The van der Waals surface area contributed by atoms with E-state index in [2.05, 4.69) is 31.2 Å². The third kappa shape index (κ3) is 3.44. The van der Waals surface area contributed by atoms with Crippen molar-refractivity contribution in [3.8, 4) is 0 Å². The van der Waals surface area contributed by atoms with Crippen LogP contribution >= 0.6 is 22.9 Å². The Balaban J connectivity index is 1.63. The van der Waals surface area contributed by atoms with Gasteiger partial charge in [0.2, 0.25) is 5.28 Å². The molecule has 2 fully saturated rings. The van der Waals surface area contributed by atoms with E-state index in [4.69, 9.17) is 16.3 Å². The smallest absolute Gasteiger partial charge is 0.225 e. The van der Waals surface area contributed by atoms with Crippen molar-refractivity contribution in [2.24, 2.45) is 0 Å². The molecule has 4 rings (SSSR count). The van der Waals surface area contributed by atoms with Gasteiger partial charge in [-0.1, -0.05) is 0 Å². The molecule has 2 saturated heterocycles. The van der Waals surface area contributed by atoms with Crippen LogP contribution in [0, 0.1) is 0 Å². The zero-order valence-electron chi connectivity index (χ0n) is 12.9. The molecule has 1 N–H and O–H groups in total. The Hall–Kier alpha value is -0.990. The molecule has 2 aliphatic rings. The Morgan fingerprint density at radius 2 is 1.96 bits per heavy atom. The topological polar surface area (TPSA) is 53.5 Å². The summed E-state index contributed by atoms with van der Waals surface area (Å²) in [6.07, 6.45) is 0. The molecule has 0 aromatic carbocycles. The zero-order valence-corrected chi connectivity index (χ0v) is 14.5. The van der Waals surface area contributed by atoms with Gasteiger partial charge in [0, 0.05) is 50.7 Å². The second-order valence-corrected chi connectivity index (χ2v) is 7.33. The van der Waals surface area contributed by atoms with Crippen molar-refractivity contribution in [2.45, 2.75) is 6.54 Å². The normalized spacial score (nSPS) is 20.3. The number of aromatic nitrogens is 2. The number of hydrogen-bond donors (Lipinski definition) is 1. The standard InChI is InChI=1S/C15H20ClN5OS/c16-15-18-13(21-5-7-22-8-6-21)12-9-11(23-14(12)19-15)10-20-3-1-17-2-4-20/h9,17H,1-8,10H2. The highest BCUT2D eigenvalue weighted by molar-refractivity contribution is 7.18. The molecule has 8 heteroatoms. The highest BCUT2D eigenvalue weighted by atomic mass is 35.5. The first-order valence-corrected chi connectivity index (χ1v) is 9.21. The van der Waals surface area contributed by atoms with Crippen LogP contribution in [0.5, 0.6) is 0 Å². The molecule has 0 amide bonds. The summed E-state index contributed by atoms with van der Waals surface area (Å²) in [6, 6.07) is 2.24. The molecule has 0 aliphatic carbocycles. The second kappa shape index (κ2) is 6.86. The van der Waals surface area contributed by atoms with Gasteiger partial charge >= 0.3 is 0 Å². The van der Waals surface area contributed by atoms with Crippen LogP contribution in [0.2, 0.25) is 5.28 Å². The molecular weight excluding hydrogens is 334 g/mol. The van der Waals surface area contributed by atoms with E-state index in [-0.39, 0.29) is 0 Å². The van der Waals surface area contributed by atoms with Gasteiger partial charge in [-0.2, -0.15) is 4.98 Å². The maximum Gasteiger partial charge on any atom is 0.225 e. The number of thiophene rings is 1. The van der Waals surface area contributed by atoms with E-state index in [0.717, 1.165) is 75.1 Å². The molecule has 23 heavy (non-hydrogen) atoms. The fourth-order valence-electron chi connectivity index (χ4n) is 3.11. The van der Waals surface area contributed by atoms with Gasteiger partial charge in [-0.25, -0.2) is 4.98 Å². The number of halogens is 1. The Morgan fingerprint density at radius 3 is 2.74 bits per heavy atom. The maximum atomic E-state index is 6.15. The molecule has 0 bridgehead atoms. The first-order chi connectivity index (χ1) is 11.3. The van der Waals surface area contributed by atoms with Crippen LogP contribution in [-0.4, -0.2) is 67.4 Å². The number of anilines is 1. The van der Waals surface area contributed by atoms with Gasteiger partial charge in [-0.05, 0) is 17.7 Å². The van der Waals surface area contributed by atoms with Gasteiger partial charge in [0.25, 0.3) is 0 Å². The number of fused-ring (bicyclic) bond motifs is 1. The number of nitrogens with zero attached hydrogens (tertiary/aromatic N) is 4. The Kier molecular flexibility index (Phi) is 4.64. The molecule has 6 nitrogen and oxygen atoms in total. The van der Waals surface area contributed by atoms with Crippen LogP contribution in [-0.2, 0) is 11.3 Å². The predicted octanol–water partition coefficient (Wildman–Crippen LogP) is 1.59.